The Bertz CT molecular complexity index is 663. The van der Waals surface area contributed by atoms with E-state index in [0.717, 1.165) is 16.9 Å². The average molecular weight is 283 g/mol. The van der Waals surface area contributed by atoms with Gasteiger partial charge >= 0.3 is 0 Å². The van der Waals surface area contributed by atoms with Crippen molar-refractivity contribution in [1.82, 2.24) is 5.32 Å². The van der Waals surface area contributed by atoms with Gasteiger partial charge in [-0.15, -0.1) is 0 Å². The summed E-state index contributed by atoms with van der Waals surface area (Å²) in [5, 5.41) is 11.6. The Hall–Kier alpha value is -2.51. The molecule has 1 aromatic heterocycles. The number of nitrogens with one attached hydrogen (secondary N) is 1. The van der Waals surface area contributed by atoms with Gasteiger partial charge in [-0.3, -0.25) is 4.79 Å². The zero-order chi connectivity index (χ0) is 15.1. The molecule has 2 rings (SSSR count). The van der Waals surface area contributed by atoms with Gasteiger partial charge in [-0.2, -0.15) is 0 Å². The van der Waals surface area contributed by atoms with E-state index >= 15 is 0 Å². The molecule has 0 aliphatic rings. The highest BCUT2D eigenvalue weighted by Gasteiger charge is 2.07. The van der Waals surface area contributed by atoms with Crippen LogP contribution in [0.15, 0.2) is 41.0 Å². The van der Waals surface area contributed by atoms with Gasteiger partial charge in [-0.25, -0.2) is 0 Å². The molecule has 4 heteroatoms. The molecule has 0 spiro atoms. The van der Waals surface area contributed by atoms with Crippen molar-refractivity contribution in [3.63, 3.8) is 0 Å². The smallest absolute Gasteiger partial charge is 0.251 e. The molecule has 0 aliphatic heterocycles. The van der Waals surface area contributed by atoms with Crippen LogP contribution in [0.1, 0.15) is 27.2 Å². The van der Waals surface area contributed by atoms with E-state index in [1.54, 1.807) is 18.4 Å². The van der Waals surface area contributed by atoms with Crippen LogP contribution >= 0.6 is 0 Å². The van der Waals surface area contributed by atoms with Crippen molar-refractivity contribution in [2.75, 3.05) is 13.2 Å². The monoisotopic (exact) mass is 283 g/mol. The van der Waals surface area contributed by atoms with Gasteiger partial charge in [-0.1, -0.05) is 17.9 Å². The molecule has 0 saturated carbocycles. The van der Waals surface area contributed by atoms with Gasteiger partial charge < -0.3 is 14.8 Å². The van der Waals surface area contributed by atoms with E-state index in [2.05, 4.69) is 17.2 Å². The third-order valence-corrected chi connectivity index (χ3v) is 3.04. The Morgan fingerprint density at radius 3 is 2.95 bits per heavy atom. The van der Waals surface area contributed by atoms with Crippen LogP contribution in [-0.4, -0.2) is 24.2 Å². The van der Waals surface area contributed by atoms with Crippen LogP contribution in [0.5, 0.6) is 0 Å². The van der Waals surface area contributed by atoms with Crippen molar-refractivity contribution in [3.8, 4) is 11.8 Å². The lowest BCUT2D eigenvalue weighted by atomic mass is 10.0. The SMILES string of the molecule is Cc1ccc(C(=O)NCCc2ccco2)cc1C#CCO. The molecule has 0 radical (unpaired) electrons. The Labute approximate surface area is 123 Å². The standard InChI is InChI=1S/C17H17NO3/c1-13-6-7-15(12-14(13)4-2-10-19)17(20)18-9-8-16-5-3-11-21-16/h3,5-7,11-12,19H,8-10H2,1H3,(H,18,20). The molecule has 108 valence electrons. The highest BCUT2D eigenvalue weighted by Crippen LogP contribution is 2.10. The van der Waals surface area contributed by atoms with Crippen LogP contribution in [-0.2, 0) is 6.42 Å². The molecular formula is C17H17NO3. The quantitative estimate of drug-likeness (QED) is 0.842. The Balaban J connectivity index is 1.98. The maximum Gasteiger partial charge on any atom is 0.251 e. The summed E-state index contributed by atoms with van der Waals surface area (Å²) in [6, 6.07) is 9.05. The molecule has 2 N–H and O–H groups in total. The van der Waals surface area contributed by atoms with Crippen molar-refractivity contribution in [2.45, 2.75) is 13.3 Å². The van der Waals surface area contributed by atoms with Crippen LogP contribution in [0, 0.1) is 18.8 Å². The van der Waals surface area contributed by atoms with Crippen LogP contribution in [0.3, 0.4) is 0 Å². The predicted molar refractivity (Wildman–Crippen MR) is 79.9 cm³/mol. The van der Waals surface area contributed by atoms with Crippen LogP contribution in [0.25, 0.3) is 0 Å². The van der Waals surface area contributed by atoms with Gasteiger partial charge in [0.05, 0.1) is 6.26 Å². The van der Waals surface area contributed by atoms with E-state index in [0.29, 0.717) is 18.5 Å². The molecule has 0 aliphatic carbocycles. The van der Waals surface area contributed by atoms with Crippen LogP contribution in [0.4, 0.5) is 0 Å². The average Bonchev–Trinajstić information content (AvgIpc) is 2.99. The van der Waals surface area contributed by atoms with E-state index < -0.39 is 0 Å². The topological polar surface area (TPSA) is 62.5 Å². The molecule has 2 aromatic rings. The fraction of sp³-hybridized carbons (Fsp3) is 0.235. The van der Waals surface area contributed by atoms with Crippen molar-refractivity contribution in [1.29, 1.82) is 0 Å². The molecule has 0 atom stereocenters. The van der Waals surface area contributed by atoms with Crippen molar-refractivity contribution >= 4 is 5.91 Å². The number of rotatable bonds is 4. The van der Waals surface area contributed by atoms with Gasteiger partial charge in [-0.05, 0) is 36.8 Å². The van der Waals surface area contributed by atoms with E-state index in [1.165, 1.54) is 0 Å². The fourth-order valence-corrected chi connectivity index (χ4v) is 1.89. The summed E-state index contributed by atoms with van der Waals surface area (Å²) in [5.41, 5.74) is 2.29. The Kier molecular flexibility index (Phi) is 5.19. The zero-order valence-electron chi connectivity index (χ0n) is 11.8. The number of hydrogen-bond acceptors (Lipinski definition) is 3. The highest BCUT2D eigenvalue weighted by atomic mass is 16.3. The number of aliphatic hydroxyl groups is 1. The normalized spacial score (nSPS) is 9.81. The number of carbonyl (C=O) groups excluding carboxylic acids is 1. The molecule has 4 nitrogen and oxygen atoms in total. The molecule has 0 saturated heterocycles. The van der Waals surface area contributed by atoms with Gasteiger partial charge in [0.15, 0.2) is 0 Å². The molecular weight excluding hydrogens is 266 g/mol. The number of amides is 1. The minimum absolute atomic E-state index is 0.145. The van der Waals surface area contributed by atoms with E-state index in [9.17, 15) is 4.79 Å². The minimum atomic E-state index is -0.195. The van der Waals surface area contributed by atoms with Crippen molar-refractivity contribution < 1.29 is 14.3 Å². The van der Waals surface area contributed by atoms with Gasteiger partial charge in [0.1, 0.15) is 12.4 Å². The lowest BCUT2D eigenvalue weighted by molar-refractivity contribution is 0.0953. The lowest BCUT2D eigenvalue weighted by Crippen LogP contribution is -2.25. The summed E-state index contributed by atoms with van der Waals surface area (Å²) in [6.07, 6.45) is 2.27. The number of aryl methyl sites for hydroxylation is 1. The Morgan fingerprint density at radius 2 is 2.24 bits per heavy atom. The zero-order valence-corrected chi connectivity index (χ0v) is 11.8. The molecule has 21 heavy (non-hydrogen) atoms. The van der Waals surface area contributed by atoms with Crippen LogP contribution in [0.2, 0.25) is 0 Å². The summed E-state index contributed by atoms with van der Waals surface area (Å²) < 4.78 is 5.21. The summed E-state index contributed by atoms with van der Waals surface area (Å²) in [7, 11) is 0. The molecule has 0 fully saturated rings. The second-order valence-corrected chi connectivity index (χ2v) is 4.57. The number of benzene rings is 1. The van der Waals surface area contributed by atoms with Crippen molar-refractivity contribution in [3.05, 3.63) is 59.0 Å². The third kappa shape index (κ3) is 4.23. The second-order valence-electron chi connectivity index (χ2n) is 4.57. The summed E-state index contributed by atoms with van der Waals surface area (Å²) >= 11 is 0. The fourth-order valence-electron chi connectivity index (χ4n) is 1.89. The first-order valence-corrected chi connectivity index (χ1v) is 6.71. The molecule has 1 heterocycles. The van der Waals surface area contributed by atoms with Crippen molar-refractivity contribution in [2.24, 2.45) is 0 Å². The van der Waals surface area contributed by atoms with Gasteiger partial charge in [0.25, 0.3) is 5.91 Å². The van der Waals surface area contributed by atoms with Gasteiger partial charge in [0.2, 0.25) is 0 Å². The number of aliphatic hydroxyl groups excluding tert-OH is 1. The summed E-state index contributed by atoms with van der Waals surface area (Å²) in [4.78, 5) is 12.1. The maximum absolute atomic E-state index is 12.1. The van der Waals surface area contributed by atoms with E-state index in [4.69, 9.17) is 9.52 Å². The van der Waals surface area contributed by atoms with E-state index in [-0.39, 0.29) is 12.5 Å². The molecule has 0 bridgehead atoms. The first-order valence-electron chi connectivity index (χ1n) is 6.71. The number of furan rings is 1. The second kappa shape index (κ2) is 7.32. The maximum atomic E-state index is 12.1. The summed E-state index contributed by atoms with van der Waals surface area (Å²) in [5.74, 6) is 6.13. The summed E-state index contributed by atoms with van der Waals surface area (Å²) in [6.45, 7) is 2.23. The highest BCUT2D eigenvalue weighted by molar-refractivity contribution is 5.94. The third-order valence-electron chi connectivity index (χ3n) is 3.04. The minimum Gasteiger partial charge on any atom is -0.469 e. The first kappa shape index (κ1) is 14.9. The van der Waals surface area contributed by atoms with Crippen LogP contribution < -0.4 is 5.32 Å². The molecule has 1 amide bonds. The lowest BCUT2D eigenvalue weighted by Gasteiger charge is -2.06. The first-order chi connectivity index (χ1) is 10.2. The van der Waals surface area contributed by atoms with E-state index in [1.807, 2.05) is 25.1 Å². The number of hydrogen-bond donors (Lipinski definition) is 2. The largest absolute Gasteiger partial charge is 0.469 e. The number of carbonyl (C=O) groups is 1. The predicted octanol–water partition coefficient (Wildman–Crippen LogP) is 1.90. The molecule has 1 aromatic carbocycles. The Morgan fingerprint density at radius 1 is 1.38 bits per heavy atom. The van der Waals surface area contributed by atoms with Gasteiger partial charge in [0, 0.05) is 24.1 Å². The molecule has 0 unspecified atom stereocenters.